The first-order valence-electron chi connectivity index (χ1n) is 9.83. The molecule has 4 N–H and O–H groups in total. The third-order valence-corrected chi connectivity index (χ3v) is 4.53. The van der Waals surface area contributed by atoms with Crippen molar-refractivity contribution in [1.82, 2.24) is 9.97 Å². The van der Waals surface area contributed by atoms with Crippen molar-refractivity contribution in [3.05, 3.63) is 70.0 Å². The Hall–Kier alpha value is -4.34. The smallest absolute Gasteiger partial charge is 0.354 e. The molecule has 0 atom stereocenters. The van der Waals surface area contributed by atoms with Gasteiger partial charge in [0.2, 0.25) is 0 Å². The van der Waals surface area contributed by atoms with E-state index >= 15 is 0 Å². The largest absolute Gasteiger partial charge is 0.461 e. The number of hydrogen-bond donors (Lipinski definition) is 3. The van der Waals surface area contributed by atoms with E-state index in [0.717, 1.165) is 10.9 Å². The highest BCUT2D eigenvalue weighted by Crippen LogP contribution is 2.26. The molecule has 4 rings (SSSR count). The van der Waals surface area contributed by atoms with Gasteiger partial charge in [0.05, 0.1) is 29.0 Å². The van der Waals surface area contributed by atoms with Crippen LogP contribution in [0.5, 0.6) is 0 Å². The van der Waals surface area contributed by atoms with Crippen molar-refractivity contribution < 1.29 is 24.0 Å². The second-order valence-corrected chi connectivity index (χ2v) is 6.61. The van der Waals surface area contributed by atoms with Crippen molar-refractivity contribution in [3.8, 4) is 0 Å². The van der Waals surface area contributed by atoms with Crippen LogP contribution in [0.25, 0.3) is 21.8 Å². The summed E-state index contributed by atoms with van der Waals surface area (Å²) in [6, 6.07) is 13.3. The van der Waals surface area contributed by atoms with E-state index in [1.165, 1.54) is 12.1 Å². The highest BCUT2D eigenvalue weighted by atomic mass is 16.6. The van der Waals surface area contributed by atoms with E-state index < -0.39 is 10.9 Å². The summed E-state index contributed by atoms with van der Waals surface area (Å²) in [5, 5.41) is 12.0. The van der Waals surface area contributed by atoms with Gasteiger partial charge in [0, 0.05) is 22.7 Å². The molecule has 0 fully saturated rings. The Morgan fingerprint density at radius 1 is 0.906 bits per heavy atom. The molecular weight excluding hydrogens is 416 g/mol. The van der Waals surface area contributed by atoms with Crippen LogP contribution in [0.2, 0.25) is 0 Å². The predicted molar refractivity (Wildman–Crippen MR) is 120 cm³/mol. The normalized spacial score (nSPS) is 10.4. The van der Waals surface area contributed by atoms with Crippen molar-refractivity contribution in [3.63, 3.8) is 0 Å². The van der Waals surface area contributed by atoms with Gasteiger partial charge in [0.1, 0.15) is 11.4 Å². The number of carbonyl (C=O) groups excluding carboxylic acids is 2. The number of benzene rings is 2. The predicted octanol–water partition coefficient (Wildman–Crippen LogP) is 4.18. The molecule has 0 amide bonds. The summed E-state index contributed by atoms with van der Waals surface area (Å²) in [6.07, 6.45) is 0. The Labute approximate surface area is 182 Å². The van der Waals surface area contributed by atoms with Crippen molar-refractivity contribution in [1.29, 1.82) is 0 Å². The minimum absolute atomic E-state index is 0.0331. The van der Waals surface area contributed by atoms with Crippen LogP contribution in [0.1, 0.15) is 34.8 Å². The summed E-state index contributed by atoms with van der Waals surface area (Å²) >= 11 is 0. The number of fused-ring (bicyclic) bond motifs is 2. The van der Waals surface area contributed by atoms with Crippen molar-refractivity contribution in [2.24, 2.45) is 0 Å². The lowest BCUT2D eigenvalue weighted by molar-refractivity contribution is -0.383. The van der Waals surface area contributed by atoms with E-state index in [9.17, 15) is 19.7 Å². The fourth-order valence-corrected chi connectivity index (χ4v) is 3.11. The number of hydrogen-bond acceptors (Lipinski definition) is 7. The lowest BCUT2D eigenvalue weighted by atomic mass is 10.2. The van der Waals surface area contributed by atoms with E-state index in [4.69, 9.17) is 15.2 Å². The Kier molecular flexibility index (Phi) is 6.74. The number of nitrogens with two attached hydrogens (primary N) is 1. The molecule has 2 aromatic carbocycles. The van der Waals surface area contributed by atoms with Gasteiger partial charge in [0.25, 0.3) is 5.69 Å². The molecule has 4 aromatic rings. The van der Waals surface area contributed by atoms with Crippen LogP contribution in [0, 0.1) is 10.1 Å². The third-order valence-electron chi connectivity index (χ3n) is 4.53. The number of ether oxygens (including phenoxy) is 2. The minimum Gasteiger partial charge on any atom is -0.461 e. The molecule has 10 nitrogen and oxygen atoms in total. The second kappa shape index (κ2) is 9.65. The zero-order chi connectivity index (χ0) is 23.3. The third kappa shape index (κ3) is 4.69. The Bertz CT molecular complexity index is 1290. The fourth-order valence-electron chi connectivity index (χ4n) is 3.11. The molecule has 0 aliphatic heterocycles. The maximum absolute atomic E-state index is 11.5. The summed E-state index contributed by atoms with van der Waals surface area (Å²) in [4.78, 5) is 39.0. The Morgan fingerprint density at radius 2 is 1.41 bits per heavy atom. The van der Waals surface area contributed by atoms with Crippen molar-refractivity contribution in [2.75, 3.05) is 18.9 Å². The monoisotopic (exact) mass is 438 g/mol. The molecule has 0 radical (unpaired) electrons. The minimum atomic E-state index is -0.516. The molecule has 166 valence electrons. The zero-order valence-corrected chi connectivity index (χ0v) is 17.5. The molecule has 0 saturated heterocycles. The van der Waals surface area contributed by atoms with Crippen molar-refractivity contribution >= 4 is 45.1 Å². The molecule has 0 aliphatic rings. The van der Waals surface area contributed by atoms with Crippen LogP contribution in [0.15, 0.2) is 48.5 Å². The first-order valence-corrected chi connectivity index (χ1v) is 9.83. The maximum atomic E-state index is 11.5. The number of nitrogens with zero attached hydrogens (tertiary/aromatic N) is 1. The number of aromatic amines is 2. The topological polar surface area (TPSA) is 153 Å². The van der Waals surface area contributed by atoms with Crippen LogP contribution in [0.3, 0.4) is 0 Å². The molecule has 0 aliphatic carbocycles. The van der Waals surface area contributed by atoms with Crippen LogP contribution in [-0.2, 0) is 9.47 Å². The van der Waals surface area contributed by atoms with E-state index in [1.807, 2.05) is 12.1 Å². The van der Waals surface area contributed by atoms with Gasteiger partial charge in [-0.25, -0.2) is 9.59 Å². The fraction of sp³-hybridized carbons (Fsp3) is 0.182. The Balaban J connectivity index is 0.000000182. The first-order chi connectivity index (χ1) is 15.3. The van der Waals surface area contributed by atoms with Gasteiger partial charge in [-0.05, 0) is 44.2 Å². The lowest BCUT2D eigenvalue weighted by Crippen LogP contribution is -2.04. The number of rotatable bonds is 5. The van der Waals surface area contributed by atoms with Crippen molar-refractivity contribution in [2.45, 2.75) is 13.8 Å². The number of nitrogens with one attached hydrogen (secondary N) is 2. The average molecular weight is 438 g/mol. The summed E-state index contributed by atoms with van der Waals surface area (Å²) in [6.45, 7) is 4.10. The average Bonchev–Trinajstić information content (AvgIpc) is 3.39. The molecule has 2 aromatic heterocycles. The molecule has 32 heavy (non-hydrogen) atoms. The summed E-state index contributed by atoms with van der Waals surface area (Å²) < 4.78 is 9.70. The van der Waals surface area contributed by atoms with Gasteiger partial charge in [0.15, 0.2) is 0 Å². The summed E-state index contributed by atoms with van der Waals surface area (Å²) in [5.41, 5.74) is 8.43. The van der Waals surface area contributed by atoms with Crippen LogP contribution < -0.4 is 5.73 Å². The number of nitrogen functional groups attached to an aromatic ring is 1. The van der Waals surface area contributed by atoms with E-state index in [0.29, 0.717) is 28.9 Å². The number of aromatic nitrogens is 2. The van der Waals surface area contributed by atoms with Gasteiger partial charge < -0.3 is 25.2 Å². The Morgan fingerprint density at radius 3 is 1.91 bits per heavy atom. The van der Waals surface area contributed by atoms with Gasteiger partial charge in [-0.15, -0.1) is 0 Å². The standard InChI is InChI=1S/C11H10N2O4.C11H12N2O2/c1-2-17-11(14)9-6-7-8(12-9)4-3-5-10(7)13(15)16;1-2-15-11(14)10-6-7-8(12)4-3-5-9(7)13-10/h3-6,12H,2H2,1H3;3-6,13H,2,12H2,1H3. The zero-order valence-electron chi connectivity index (χ0n) is 17.5. The van der Waals surface area contributed by atoms with E-state index in [-0.39, 0.29) is 24.0 Å². The molecule has 10 heteroatoms. The van der Waals surface area contributed by atoms with Gasteiger partial charge >= 0.3 is 11.9 Å². The summed E-state index contributed by atoms with van der Waals surface area (Å²) in [5.74, 6) is -0.869. The number of anilines is 1. The molecule has 0 bridgehead atoms. The first kappa shape index (κ1) is 22.3. The molecule has 0 spiro atoms. The highest BCUT2D eigenvalue weighted by Gasteiger charge is 2.17. The van der Waals surface area contributed by atoms with Gasteiger partial charge in [-0.1, -0.05) is 12.1 Å². The summed E-state index contributed by atoms with van der Waals surface area (Å²) in [7, 11) is 0. The van der Waals surface area contributed by atoms with Gasteiger partial charge in [-0.2, -0.15) is 0 Å². The van der Waals surface area contributed by atoms with E-state index in [1.54, 1.807) is 38.1 Å². The molecule has 0 unspecified atom stereocenters. The number of carbonyl (C=O) groups is 2. The van der Waals surface area contributed by atoms with Crippen LogP contribution >= 0.6 is 0 Å². The second-order valence-electron chi connectivity index (χ2n) is 6.61. The number of nitro benzene ring substituents is 1. The quantitative estimate of drug-likeness (QED) is 0.183. The van der Waals surface area contributed by atoms with E-state index in [2.05, 4.69) is 9.97 Å². The van der Waals surface area contributed by atoms with Crippen LogP contribution in [0.4, 0.5) is 11.4 Å². The number of non-ortho nitro benzene ring substituents is 1. The van der Waals surface area contributed by atoms with Gasteiger partial charge in [-0.3, -0.25) is 10.1 Å². The lowest BCUT2D eigenvalue weighted by Gasteiger charge is -1.96. The molecular formula is C22H22N4O6. The number of esters is 2. The van der Waals surface area contributed by atoms with Crippen LogP contribution in [-0.4, -0.2) is 40.0 Å². The maximum Gasteiger partial charge on any atom is 0.354 e. The number of H-pyrrole nitrogens is 2. The SMILES string of the molecule is CCOC(=O)c1cc2c(N)cccc2[nH]1.CCOC(=O)c1cc2c([N+](=O)[O-])cccc2[nH]1. The highest BCUT2D eigenvalue weighted by molar-refractivity contribution is 5.99. The molecule has 0 saturated carbocycles. The number of nitro groups is 1. The molecule has 2 heterocycles.